The van der Waals surface area contributed by atoms with Gasteiger partial charge in [-0.1, -0.05) is 13.8 Å². The first-order chi connectivity index (χ1) is 9.76. The van der Waals surface area contributed by atoms with Crippen LogP contribution in [-0.2, 0) is 13.0 Å². The van der Waals surface area contributed by atoms with Gasteiger partial charge in [-0.15, -0.1) is 0 Å². The molecule has 0 radical (unpaired) electrons. The molecule has 5 nitrogen and oxygen atoms in total. The van der Waals surface area contributed by atoms with E-state index in [1.165, 1.54) is 6.07 Å². The third-order valence-electron chi connectivity index (χ3n) is 3.09. The summed E-state index contributed by atoms with van der Waals surface area (Å²) in [5, 5.41) is 7.46. The molecule has 108 valence electrons. The van der Waals surface area contributed by atoms with Gasteiger partial charge < -0.3 is 5.32 Å². The van der Waals surface area contributed by atoms with E-state index in [0.717, 1.165) is 25.3 Å². The van der Waals surface area contributed by atoms with Crippen molar-refractivity contribution in [2.75, 3.05) is 6.54 Å². The highest BCUT2D eigenvalue weighted by molar-refractivity contribution is 5.13. The maximum atomic E-state index is 13.9. The summed E-state index contributed by atoms with van der Waals surface area (Å²) < 4.78 is 15.8. The van der Waals surface area contributed by atoms with Gasteiger partial charge in [0.15, 0.2) is 0 Å². The van der Waals surface area contributed by atoms with Gasteiger partial charge in [0, 0.05) is 19.2 Å². The molecule has 6 heteroatoms. The van der Waals surface area contributed by atoms with Crippen LogP contribution < -0.4 is 5.32 Å². The van der Waals surface area contributed by atoms with E-state index in [-0.39, 0.29) is 11.9 Å². The summed E-state index contributed by atoms with van der Waals surface area (Å²) in [4.78, 5) is 8.43. The number of hydrogen-bond donors (Lipinski definition) is 1. The monoisotopic (exact) mass is 277 g/mol. The minimum absolute atomic E-state index is 0.194. The van der Waals surface area contributed by atoms with Crippen LogP contribution in [0, 0.1) is 5.82 Å². The van der Waals surface area contributed by atoms with Crippen LogP contribution in [0.25, 0.3) is 0 Å². The quantitative estimate of drug-likeness (QED) is 0.842. The number of nitrogens with zero attached hydrogens (tertiary/aromatic N) is 4. The Morgan fingerprint density at radius 2 is 2.20 bits per heavy atom. The maximum absolute atomic E-state index is 13.9. The molecular weight excluding hydrogens is 257 g/mol. The fourth-order valence-electron chi connectivity index (χ4n) is 2.19. The Labute approximate surface area is 118 Å². The molecule has 0 spiro atoms. The number of nitrogens with one attached hydrogen (secondary N) is 1. The summed E-state index contributed by atoms with van der Waals surface area (Å²) in [7, 11) is 0. The van der Waals surface area contributed by atoms with Crippen molar-refractivity contribution in [1.82, 2.24) is 25.1 Å². The van der Waals surface area contributed by atoms with E-state index < -0.39 is 0 Å². The molecule has 0 aliphatic rings. The van der Waals surface area contributed by atoms with Gasteiger partial charge in [-0.3, -0.25) is 9.67 Å². The molecule has 1 atom stereocenters. The highest BCUT2D eigenvalue weighted by atomic mass is 19.1. The minimum Gasteiger partial charge on any atom is -0.308 e. The van der Waals surface area contributed by atoms with Crippen molar-refractivity contribution in [3.63, 3.8) is 0 Å². The molecule has 0 saturated carbocycles. The number of aromatic nitrogens is 4. The van der Waals surface area contributed by atoms with Crippen molar-refractivity contribution in [2.24, 2.45) is 0 Å². The second-order valence-corrected chi connectivity index (χ2v) is 4.58. The number of pyridine rings is 1. The van der Waals surface area contributed by atoms with Crippen molar-refractivity contribution in [2.45, 2.75) is 39.3 Å². The lowest BCUT2D eigenvalue weighted by molar-refractivity contribution is 0.467. The van der Waals surface area contributed by atoms with Crippen molar-refractivity contribution in [3.8, 4) is 0 Å². The number of aryl methyl sites for hydroxylation is 1. The molecule has 20 heavy (non-hydrogen) atoms. The van der Waals surface area contributed by atoms with Crippen LogP contribution in [0.15, 0.2) is 24.7 Å². The second kappa shape index (κ2) is 7.09. The molecule has 1 unspecified atom stereocenters. The third-order valence-corrected chi connectivity index (χ3v) is 3.09. The van der Waals surface area contributed by atoms with Gasteiger partial charge in [0.05, 0.1) is 11.7 Å². The fourth-order valence-corrected chi connectivity index (χ4v) is 2.19. The molecule has 1 N–H and O–H groups in total. The van der Waals surface area contributed by atoms with Crippen molar-refractivity contribution in [1.29, 1.82) is 0 Å². The average Bonchev–Trinajstić information content (AvgIpc) is 2.87. The Bertz CT molecular complexity index is 540. The Kier molecular flexibility index (Phi) is 5.17. The zero-order valence-corrected chi connectivity index (χ0v) is 11.9. The zero-order valence-electron chi connectivity index (χ0n) is 11.9. The summed E-state index contributed by atoms with van der Waals surface area (Å²) in [6.07, 6.45) is 4.71. The lowest BCUT2D eigenvalue weighted by Gasteiger charge is -2.17. The van der Waals surface area contributed by atoms with E-state index in [1.807, 2.05) is 11.6 Å². The predicted molar refractivity (Wildman–Crippen MR) is 74.6 cm³/mol. The van der Waals surface area contributed by atoms with Gasteiger partial charge in [0.25, 0.3) is 0 Å². The molecule has 2 aromatic rings. The summed E-state index contributed by atoms with van der Waals surface area (Å²) in [5.41, 5.74) is 0.431. The molecule has 0 aliphatic carbocycles. The standard InChI is InChI=1S/C14H20FN5/c1-3-8-20-13(18-10-19-20)9-12(16-4-2)14-11(15)6-5-7-17-14/h5-7,10,12,16H,3-4,8-9H2,1-2H3. The van der Waals surface area contributed by atoms with Crippen molar-refractivity contribution >= 4 is 0 Å². The summed E-state index contributed by atoms with van der Waals surface area (Å²) in [6.45, 7) is 5.64. The van der Waals surface area contributed by atoms with Gasteiger partial charge >= 0.3 is 0 Å². The molecule has 0 bridgehead atoms. The summed E-state index contributed by atoms with van der Waals surface area (Å²) >= 11 is 0. The Morgan fingerprint density at radius 1 is 1.35 bits per heavy atom. The second-order valence-electron chi connectivity index (χ2n) is 4.58. The Morgan fingerprint density at radius 3 is 2.90 bits per heavy atom. The Balaban J connectivity index is 2.21. The third kappa shape index (κ3) is 3.39. The number of likely N-dealkylation sites (N-methyl/N-ethyl adjacent to an activating group) is 1. The van der Waals surface area contributed by atoms with Crippen molar-refractivity contribution < 1.29 is 4.39 Å². The van der Waals surface area contributed by atoms with Crippen LogP contribution in [0.1, 0.15) is 37.8 Å². The van der Waals surface area contributed by atoms with E-state index in [2.05, 4.69) is 27.3 Å². The van der Waals surface area contributed by atoms with Gasteiger partial charge in [-0.2, -0.15) is 5.10 Å². The largest absolute Gasteiger partial charge is 0.308 e. The Hall–Kier alpha value is -1.82. The number of hydrogen-bond acceptors (Lipinski definition) is 4. The molecule has 0 aromatic carbocycles. The van der Waals surface area contributed by atoms with E-state index in [4.69, 9.17) is 0 Å². The van der Waals surface area contributed by atoms with Crippen molar-refractivity contribution in [3.05, 3.63) is 42.0 Å². The normalized spacial score (nSPS) is 12.6. The van der Waals surface area contributed by atoms with Crippen LogP contribution in [0.3, 0.4) is 0 Å². The molecule has 2 heterocycles. The van der Waals surface area contributed by atoms with Crippen LogP contribution >= 0.6 is 0 Å². The highest BCUT2D eigenvalue weighted by Gasteiger charge is 2.19. The summed E-state index contributed by atoms with van der Waals surface area (Å²) in [6, 6.07) is 2.84. The summed E-state index contributed by atoms with van der Waals surface area (Å²) in [5.74, 6) is 0.558. The molecule has 2 rings (SSSR count). The molecule has 0 amide bonds. The number of rotatable bonds is 7. The molecular formula is C14H20FN5. The molecule has 0 saturated heterocycles. The maximum Gasteiger partial charge on any atom is 0.146 e. The first-order valence-electron chi connectivity index (χ1n) is 6.96. The van der Waals surface area contributed by atoms with Crippen LogP contribution in [0.2, 0.25) is 0 Å². The van der Waals surface area contributed by atoms with Crippen LogP contribution in [-0.4, -0.2) is 26.3 Å². The predicted octanol–water partition coefficient (Wildman–Crippen LogP) is 2.12. The lowest BCUT2D eigenvalue weighted by atomic mass is 10.1. The van der Waals surface area contributed by atoms with E-state index in [0.29, 0.717) is 12.1 Å². The van der Waals surface area contributed by atoms with Crippen LogP contribution in [0.4, 0.5) is 4.39 Å². The highest BCUT2D eigenvalue weighted by Crippen LogP contribution is 2.18. The molecule has 0 fully saturated rings. The first kappa shape index (κ1) is 14.6. The fraction of sp³-hybridized carbons (Fsp3) is 0.500. The van der Waals surface area contributed by atoms with Gasteiger partial charge in [-0.05, 0) is 25.1 Å². The van der Waals surface area contributed by atoms with E-state index >= 15 is 0 Å². The minimum atomic E-state index is -0.292. The smallest absolute Gasteiger partial charge is 0.146 e. The average molecular weight is 277 g/mol. The zero-order chi connectivity index (χ0) is 14.4. The number of halogens is 1. The molecule has 0 aliphatic heterocycles. The van der Waals surface area contributed by atoms with Gasteiger partial charge in [0.1, 0.15) is 18.0 Å². The topological polar surface area (TPSA) is 55.6 Å². The lowest BCUT2D eigenvalue weighted by Crippen LogP contribution is -2.26. The van der Waals surface area contributed by atoms with E-state index in [9.17, 15) is 4.39 Å². The van der Waals surface area contributed by atoms with Gasteiger partial charge in [-0.25, -0.2) is 9.37 Å². The van der Waals surface area contributed by atoms with Gasteiger partial charge in [0.2, 0.25) is 0 Å². The SMILES string of the molecule is CCCn1ncnc1CC(NCC)c1ncccc1F. The van der Waals surface area contributed by atoms with Crippen LogP contribution in [0.5, 0.6) is 0 Å². The molecule has 2 aromatic heterocycles. The van der Waals surface area contributed by atoms with E-state index in [1.54, 1.807) is 18.6 Å². The first-order valence-corrected chi connectivity index (χ1v) is 6.96.